The number of benzene rings is 1. The van der Waals surface area contributed by atoms with E-state index in [0.29, 0.717) is 0 Å². The lowest BCUT2D eigenvalue weighted by Gasteiger charge is -2.05. The quantitative estimate of drug-likeness (QED) is 0.614. The number of H-pyrrole nitrogens is 1. The van der Waals surface area contributed by atoms with E-state index in [1.807, 2.05) is 23.8 Å². The van der Waals surface area contributed by atoms with Crippen molar-refractivity contribution in [2.24, 2.45) is 0 Å². The van der Waals surface area contributed by atoms with Crippen molar-refractivity contribution >= 4 is 21.6 Å². The standard InChI is InChI=1S/C14H11N5S/c1-9-18-11-3-2-10(8-12(11)20-9)19-7-6-17-14(19)13-15-4-5-16-13/h2-8H,1H3,(H,15,16). The summed E-state index contributed by atoms with van der Waals surface area (Å²) in [4.78, 5) is 16.2. The number of fused-ring (bicyclic) bond motifs is 1. The molecule has 5 nitrogen and oxygen atoms in total. The van der Waals surface area contributed by atoms with Crippen LogP contribution in [0.15, 0.2) is 43.0 Å². The third-order valence-electron chi connectivity index (χ3n) is 3.11. The zero-order chi connectivity index (χ0) is 13.5. The van der Waals surface area contributed by atoms with Gasteiger partial charge in [0.2, 0.25) is 0 Å². The van der Waals surface area contributed by atoms with E-state index in [9.17, 15) is 0 Å². The van der Waals surface area contributed by atoms with Gasteiger partial charge in [-0.05, 0) is 25.1 Å². The first-order valence-electron chi connectivity index (χ1n) is 6.22. The summed E-state index contributed by atoms with van der Waals surface area (Å²) in [6.07, 6.45) is 7.24. The highest BCUT2D eigenvalue weighted by atomic mass is 32.1. The largest absolute Gasteiger partial charge is 0.342 e. The molecule has 1 N–H and O–H groups in total. The molecule has 3 aromatic heterocycles. The minimum absolute atomic E-state index is 0.760. The SMILES string of the molecule is Cc1nc2ccc(-n3ccnc3-c3ncc[nH]3)cc2s1. The van der Waals surface area contributed by atoms with E-state index < -0.39 is 0 Å². The molecule has 0 aliphatic carbocycles. The minimum Gasteiger partial charge on any atom is -0.342 e. The average molecular weight is 281 g/mol. The molecule has 0 saturated carbocycles. The predicted molar refractivity (Wildman–Crippen MR) is 79.1 cm³/mol. The summed E-state index contributed by atoms with van der Waals surface area (Å²) in [6.45, 7) is 2.02. The Balaban J connectivity index is 1.89. The second kappa shape index (κ2) is 4.28. The number of hydrogen-bond acceptors (Lipinski definition) is 4. The lowest BCUT2D eigenvalue weighted by molar-refractivity contribution is 1.04. The summed E-state index contributed by atoms with van der Waals surface area (Å²) in [6, 6.07) is 6.23. The molecule has 0 aliphatic heterocycles. The fourth-order valence-electron chi connectivity index (χ4n) is 2.25. The molecule has 1 aromatic carbocycles. The Morgan fingerprint density at radius 2 is 2.15 bits per heavy atom. The number of rotatable bonds is 2. The number of nitrogens with one attached hydrogen (secondary N) is 1. The molecular formula is C14H11N5S. The Kier molecular flexibility index (Phi) is 2.43. The molecule has 3 heterocycles. The smallest absolute Gasteiger partial charge is 0.180 e. The van der Waals surface area contributed by atoms with Gasteiger partial charge in [-0.15, -0.1) is 11.3 Å². The van der Waals surface area contributed by atoms with Crippen molar-refractivity contribution in [1.29, 1.82) is 0 Å². The molecule has 4 aromatic rings. The van der Waals surface area contributed by atoms with Gasteiger partial charge in [0.15, 0.2) is 11.6 Å². The van der Waals surface area contributed by atoms with Crippen LogP contribution in [0.25, 0.3) is 27.6 Å². The summed E-state index contributed by atoms with van der Waals surface area (Å²) >= 11 is 1.70. The fraction of sp³-hybridized carbons (Fsp3) is 0.0714. The topological polar surface area (TPSA) is 59.4 Å². The lowest BCUT2D eigenvalue weighted by Crippen LogP contribution is -1.97. The maximum absolute atomic E-state index is 4.48. The van der Waals surface area contributed by atoms with Gasteiger partial charge in [0.1, 0.15) is 0 Å². The van der Waals surface area contributed by atoms with Crippen LogP contribution in [0.2, 0.25) is 0 Å². The lowest BCUT2D eigenvalue weighted by atomic mass is 10.3. The molecule has 4 rings (SSSR count). The van der Waals surface area contributed by atoms with Gasteiger partial charge in [-0.2, -0.15) is 0 Å². The number of aromatic nitrogens is 5. The first kappa shape index (κ1) is 11.4. The van der Waals surface area contributed by atoms with Gasteiger partial charge in [-0.25, -0.2) is 15.0 Å². The molecule has 0 radical (unpaired) electrons. The van der Waals surface area contributed by atoms with Crippen LogP contribution in [0.4, 0.5) is 0 Å². The molecule has 0 unspecified atom stereocenters. The van der Waals surface area contributed by atoms with Crippen LogP contribution < -0.4 is 0 Å². The van der Waals surface area contributed by atoms with Gasteiger partial charge < -0.3 is 4.98 Å². The molecule has 20 heavy (non-hydrogen) atoms. The van der Waals surface area contributed by atoms with Gasteiger partial charge in [0.25, 0.3) is 0 Å². The number of aromatic amines is 1. The molecule has 98 valence electrons. The van der Waals surface area contributed by atoms with Crippen LogP contribution in [-0.2, 0) is 0 Å². The van der Waals surface area contributed by atoms with E-state index in [2.05, 4.69) is 32.1 Å². The van der Waals surface area contributed by atoms with Crippen molar-refractivity contribution in [1.82, 2.24) is 24.5 Å². The van der Waals surface area contributed by atoms with E-state index in [0.717, 1.165) is 27.9 Å². The monoisotopic (exact) mass is 281 g/mol. The van der Waals surface area contributed by atoms with Crippen LogP contribution in [0.5, 0.6) is 0 Å². The van der Waals surface area contributed by atoms with Crippen LogP contribution in [0, 0.1) is 6.92 Å². The highest BCUT2D eigenvalue weighted by molar-refractivity contribution is 7.18. The first-order valence-corrected chi connectivity index (χ1v) is 7.03. The van der Waals surface area contributed by atoms with E-state index >= 15 is 0 Å². The summed E-state index contributed by atoms with van der Waals surface area (Å²) in [5, 5.41) is 1.08. The number of nitrogens with zero attached hydrogens (tertiary/aromatic N) is 4. The summed E-state index contributed by atoms with van der Waals surface area (Å²) in [5.74, 6) is 1.56. The molecule has 0 spiro atoms. The van der Waals surface area contributed by atoms with Crippen molar-refractivity contribution in [2.75, 3.05) is 0 Å². The molecule has 0 saturated heterocycles. The molecule has 6 heteroatoms. The Morgan fingerprint density at radius 3 is 3.00 bits per heavy atom. The Hall–Kier alpha value is -2.47. The fourth-order valence-corrected chi connectivity index (χ4v) is 3.11. The maximum atomic E-state index is 4.48. The molecule has 0 aliphatic rings. The second-order valence-electron chi connectivity index (χ2n) is 4.44. The van der Waals surface area contributed by atoms with Crippen molar-refractivity contribution in [2.45, 2.75) is 6.92 Å². The van der Waals surface area contributed by atoms with Crippen molar-refractivity contribution in [3.63, 3.8) is 0 Å². The van der Waals surface area contributed by atoms with Crippen molar-refractivity contribution in [3.05, 3.63) is 48.0 Å². The molecular weight excluding hydrogens is 270 g/mol. The van der Waals surface area contributed by atoms with Gasteiger partial charge in [-0.1, -0.05) is 0 Å². The third-order valence-corrected chi connectivity index (χ3v) is 4.04. The highest BCUT2D eigenvalue weighted by Crippen LogP contribution is 2.26. The van der Waals surface area contributed by atoms with Crippen molar-refractivity contribution in [3.8, 4) is 17.3 Å². The zero-order valence-corrected chi connectivity index (χ0v) is 11.6. The van der Waals surface area contributed by atoms with Crippen LogP contribution in [0.3, 0.4) is 0 Å². The van der Waals surface area contributed by atoms with E-state index in [1.54, 1.807) is 29.9 Å². The minimum atomic E-state index is 0.760. The number of hydrogen-bond donors (Lipinski definition) is 1. The normalized spacial score (nSPS) is 11.2. The predicted octanol–water partition coefficient (Wildman–Crippen LogP) is 3.18. The van der Waals surface area contributed by atoms with Gasteiger partial charge >= 0.3 is 0 Å². The van der Waals surface area contributed by atoms with Gasteiger partial charge in [0, 0.05) is 30.5 Å². The first-order chi connectivity index (χ1) is 9.81. The van der Waals surface area contributed by atoms with Crippen LogP contribution >= 0.6 is 11.3 Å². The summed E-state index contributed by atoms with van der Waals surface area (Å²) in [7, 11) is 0. The van der Waals surface area contributed by atoms with Gasteiger partial charge in [0.05, 0.1) is 15.2 Å². The van der Waals surface area contributed by atoms with Crippen LogP contribution in [-0.4, -0.2) is 24.5 Å². The third kappa shape index (κ3) is 1.73. The Morgan fingerprint density at radius 1 is 1.20 bits per heavy atom. The maximum Gasteiger partial charge on any atom is 0.180 e. The number of aryl methyl sites for hydroxylation is 1. The van der Waals surface area contributed by atoms with E-state index in [-0.39, 0.29) is 0 Å². The van der Waals surface area contributed by atoms with E-state index in [1.165, 1.54) is 4.70 Å². The van der Waals surface area contributed by atoms with Crippen molar-refractivity contribution < 1.29 is 0 Å². The average Bonchev–Trinajstić information content (AvgIpc) is 3.16. The summed E-state index contributed by atoms with van der Waals surface area (Å²) < 4.78 is 3.20. The van der Waals surface area contributed by atoms with Gasteiger partial charge in [-0.3, -0.25) is 4.57 Å². The molecule has 0 amide bonds. The molecule has 0 fully saturated rings. The summed E-state index contributed by atoms with van der Waals surface area (Å²) in [5.41, 5.74) is 2.10. The second-order valence-corrected chi connectivity index (χ2v) is 5.68. The zero-order valence-electron chi connectivity index (χ0n) is 10.7. The number of imidazole rings is 2. The molecule has 0 atom stereocenters. The Bertz CT molecular complexity index is 872. The Labute approximate surface area is 119 Å². The highest BCUT2D eigenvalue weighted by Gasteiger charge is 2.10. The molecule has 0 bridgehead atoms. The number of thiazole rings is 1. The van der Waals surface area contributed by atoms with E-state index in [4.69, 9.17) is 0 Å². The van der Waals surface area contributed by atoms with Crippen LogP contribution in [0.1, 0.15) is 5.01 Å².